The standard InChI is InChI=1S/C18H38N2O/c1-6-19-11-13-20(14-12-19)10-7-8-17(9-15-21-5)16-18(2,3)4/h17H,6-16H2,1-5H3/t17-/m0/s1. The predicted molar refractivity (Wildman–Crippen MR) is 91.8 cm³/mol. The number of piperazine rings is 1. The molecule has 1 aliphatic heterocycles. The Morgan fingerprint density at radius 1 is 1.00 bits per heavy atom. The first kappa shape index (κ1) is 18.9. The molecular formula is C18H38N2O. The van der Waals surface area contributed by atoms with Crippen LogP contribution in [0.5, 0.6) is 0 Å². The summed E-state index contributed by atoms with van der Waals surface area (Å²) in [6.45, 7) is 17.8. The zero-order valence-electron chi connectivity index (χ0n) is 15.2. The van der Waals surface area contributed by atoms with Gasteiger partial charge in [0.15, 0.2) is 0 Å². The second-order valence-electron chi connectivity index (χ2n) is 7.83. The van der Waals surface area contributed by atoms with Crippen molar-refractivity contribution in [3.8, 4) is 0 Å². The Hall–Kier alpha value is -0.120. The van der Waals surface area contributed by atoms with Gasteiger partial charge in [-0.15, -0.1) is 0 Å². The van der Waals surface area contributed by atoms with Crippen molar-refractivity contribution in [1.82, 2.24) is 9.80 Å². The largest absolute Gasteiger partial charge is 0.385 e. The molecule has 0 saturated carbocycles. The molecule has 0 aromatic heterocycles. The Morgan fingerprint density at radius 2 is 1.62 bits per heavy atom. The van der Waals surface area contributed by atoms with Gasteiger partial charge in [-0.25, -0.2) is 0 Å². The smallest absolute Gasteiger partial charge is 0.0464 e. The molecule has 0 aromatic rings. The van der Waals surface area contributed by atoms with E-state index in [4.69, 9.17) is 4.74 Å². The quantitative estimate of drug-likeness (QED) is 0.648. The van der Waals surface area contributed by atoms with Crippen LogP contribution in [0.3, 0.4) is 0 Å². The van der Waals surface area contributed by atoms with Crippen molar-refractivity contribution < 1.29 is 4.74 Å². The van der Waals surface area contributed by atoms with Crippen molar-refractivity contribution >= 4 is 0 Å². The van der Waals surface area contributed by atoms with Crippen LogP contribution in [0, 0.1) is 11.3 Å². The summed E-state index contributed by atoms with van der Waals surface area (Å²) < 4.78 is 5.29. The first-order chi connectivity index (χ1) is 9.94. The number of nitrogens with zero attached hydrogens (tertiary/aromatic N) is 2. The zero-order valence-corrected chi connectivity index (χ0v) is 15.2. The van der Waals surface area contributed by atoms with E-state index in [0.29, 0.717) is 5.41 Å². The molecule has 1 atom stereocenters. The summed E-state index contributed by atoms with van der Waals surface area (Å²) in [4.78, 5) is 5.20. The molecule has 0 N–H and O–H groups in total. The Labute approximate surface area is 133 Å². The highest BCUT2D eigenvalue weighted by Crippen LogP contribution is 2.29. The molecule has 0 bridgehead atoms. The fraction of sp³-hybridized carbons (Fsp3) is 1.00. The van der Waals surface area contributed by atoms with Gasteiger partial charge in [0, 0.05) is 39.9 Å². The summed E-state index contributed by atoms with van der Waals surface area (Å²) in [5.74, 6) is 0.821. The third-order valence-electron chi connectivity index (χ3n) is 4.63. The molecule has 1 rings (SSSR count). The number of ether oxygens (including phenoxy) is 1. The number of likely N-dealkylation sites (N-methyl/N-ethyl adjacent to an activating group) is 1. The molecule has 1 aliphatic rings. The lowest BCUT2D eigenvalue weighted by Gasteiger charge is -2.34. The van der Waals surface area contributed by atoms with Gasteiger partial charge in [-0.3, -0.25) is 0 Å². The van der Waals surface area contributed by atoms with E-state index < -0.39 is 0 Å². The van der Waals surface area contributed by atoms with Gasteiger partial charge in [0.2, 0.25) is 0 Å². The van der Waals surface area contributed by atoms with E-state index in [1.807, 2.05) is 7.11 Å². The Kier molecular flexibility index (Phi) is 8.84. The van der Waals surface area contributed by atoms with E-state index in [9.17, 15) is 0 Å². The summed E-state index contributed by atoms with van der Waals surface area (Å²) in [5.41, 5.74) is 0.436. The molecule has 3 nitrogen and oxygen atoms in total. The lowest BCUT2D eigenvalue weighted by Crippen LogP contribution is -2.46. The number of hydrogen-bond acceptors (Lipinski definition) is 3. The van der Waals surface area contributed by atoms with E-state index in [-0.39, 0.29) is 0 Å². The maximum Gasteiger partial charge on any atom is 0.0464 e. The molecule has 0 unspecified atom stereocenters. The third-order valence-corrected chi connectivity index (χ3v) is 4.63. The third kappa shape index (κ3) is 8.80. The monoisotopic (exact) mass is 298 g/mol. The van der Waals surface area contributed by atoms with Crippen molar-refractivity contribution in [2.24, 2.45) is 11.3 Å². The van der Waals surface area contributed by atoms with E-state index in [1.54, 1.807) is 0 Å². The Morgan fingerprint density at radius 3 is 2.14 bits per heavy atom. The molecule has 0 spiro atoms. The van der Waals surface area contributed by atoms with E-state index in [1.165, 1.54) is 65.0 Å². The number of hydrogen-bond donors (Lipinski definition) is 0. The van der Waals surface area contributed by atoms with Crippen LogP contribution in [-0.4, -0.2) is 62.8 Å². The molecule has 0 aromatic carbocycles. The second-order valence-corrected chi connectivity index (χ2v) is 7.83. The van der Waals surface area contributed by atoms with Crippen molar-refractivity contribution in [2.75, 3.05) is 53.0 Å². The van der Waals surface area contributed by atoms with Crippen LogP contribution in [0.25, 0.3) is 0 Å². The Bertz CT molecular complexity index is 254. The van der Waals surface area contributed by atoms with Gasteiger partial charge in [-0.1, -0.05) is 27.7 Å². The van der Waals surface area contributed by atoms with Crippen molar-refractivity contribution in [2.45, 2.75) is 53.4 Å². The summed E-state index contributed by atoms with van der Waals surface area (Å²) in [7, 11) is 1.82. The van der Waals surface area contributed by atoms with Crippen molar-refractivity contribution in [3.63, 3.8) is 0 Å². The zero-order chi connectivity index (χ0) is 15.7. The maximum absolute atomic E-state index is 5.29. The molecule has 1 heterocycles. The van der Waals surface area contributed by atoms with Gasteiger partial charge >= 0.3 is 0 Å². The van der Waals surface area contributed by atoms with Gasteiger partial charge in [0.25, 0.3) is 0 Å². The Balaban J connectivity index is 2.23. The summed E-state index contributed by atoms with van der Waals surface area (Å²) >= 11 is 0. The first-order valence-corrected chi connectivity index (χ1v) is 8.88. The van der Waals surface area contributed by atoms with Crippen molar-refractivity contribution in [3.05, 3.63) is 0 Å². The van der Waals surface area contributed by atoms with E-state index in [2.05, 4.69) is 37.5 Å². The topological polar surface area (TPSA) is 15.7 Å². The SMILES string of the molecule is CCN1CCN(CCC[C@@H](CCOC)CC(C)(C)C)CC1. The molecule has 126 valence electrons. The van der Waals surface area contributed by atoms with Crippen LogP contribution in [0.2, 0.25) is 0 Å². The van der Waals surface area contributed by atoms with Gasteiger partial charge in [-0.2, -0.15) is 0 Å². The second kappa shape index (κ2) is 9.81. The minimum Gasteiger partial charge on any atom is -0.385 e. The average Bonchev–Trinajstić information content (AvgIpc) is 2.44. The highest BCUT2D eigenvalue weighted by atomic mass is 16.5. The lowest BCUT2D eigenvalue weighted by molar-refractivity contribution is 0.128. The van der Waals surface area contributed by atoms with Crippen LogP contribution in [0.4, 0.5) is 0 Å². The lowest BCUT2D eigenvalue weighted by atomic mass is 9.81. The molecule has 1 saturated heterocycles. The van der Waals surface area contributed by atoms with E-state index >= 15 is 0 Å². The predicted octanol–water partition coefficient (Wildman–Crippen LogP) is 3.49. The van der Waals surface area contributed by atoms with Crippen LogP contribution >= 0.6 is 0 Å². The van der Waals surface area contributed by atoms with Gasteiger partial charge in [0.05, 0.1) is 0 Å². The summed E-state index contributed by atoms with van der Waals surface area (Å²) in [5, 5.41) is 0. The normalized spacial score (nSPS) is 19.9. The number of methoxy groups -OCH3 is 1. The van der Waals surface area contributed by atoms with Crippen LogP contribution in [0.1, 0.15) is 53.4 Å². The molecule has 0 amide bonds. The molecule has 3 heteroatoms. The minimum atomic E-state index is 0.436. The maximum atomic E-state index is 5.29. The summed E-state index contributed by atoms with van der Waals surface area (Å²) in [6.07, 6.45) is 5.24. The average molecular weight is 299 g/mol. The van der Waals surface area contributed by atoms with E-state index in [0.717, 1.165) is 12.5 Å². The van der Waals surface area contributed by atoms with Gasteiger partial charge < -0.3 is 14.5 Å². The van der Waals surface area contributed by atoms with Crippen LogP contribution in [0.15, 0.2) is 0 Å². The fourth-order valence-electron chi connectivity index (χ4n) is 3.43. The highest BCUT2D eigenvalue weighted by molar-refractivity contribution is 4.73. The molecule has 21 heavy (non-hydrogen) atoms. The van der Waals surface area contributed by atoms with Crippen molar-refractivity contribution in [1.29, 1.82) is 0 Å². The summed E-state index contributed by atoms with van der Waals surface area (Å²) in [6, 6.07) is 0. The highest BCUT2D eigenvalue weighted by Gasteiger charge is 2.19. The van der Waals surface area contributed by atoms with Gasteiger partial charge in [-0.05, 0) is 50.1 Å². The molecular weight excluding hydrogens is 260 g/mol. The molecule has 1 fully saturated rings. The molecule has 0 radical (unpaired) electrons. The minimum absolute atomic E-state index is 0.436. The molecule has 0 aliphatic carbocycles. The fourth-order valence-corrected chi connectivity index (χ4v) is 3.43. The van der Waals surface area contributed by atoms with Crippen LogP contribution in [-0.2, 0) is 4.74 Å². The van der Waals surface area contributed by atoms with Gasteiger partial charge in [0.1, 0.15) is 0 Å². The first-order valence-electron chi connectivity index (χ1n) is 8.88. The number of rotatable bonds is 9. The van der Waals surface area contributed by atoms with Crippen LogP contribution < -0.4 is 0 Å².